The third-order valence-electron chi connectivity index (χ3n) is 8.80. The molecule has 3 saturated carbocycles. The number of rotatable bonds is 9. The van der Waals surface area contributed by atoms with Gasteiger partial charge in [-0.25, -0.2) is 14.8 Å². The van der Waals surface area contributed by atoms with E-state index in [9.17, 15) is 23.1 Å². The third-order valence-corrected chi connectivity index (χ3v) is 8.80. The fourth-order valence-electron chi connectivity index (χ4n) is 6.72. The number of carboxylic acids is 1. The first-order chi connectivity index (χ1) is 20.7. The molecule has 0 saturated heterocycles. The van der Waals surface area contributed by atoms with Crippen LogP contribution in [-0.2, 0) is 11.3 Å². The van der Waals surface area contributed by atoms with E-state index in [1.807, 2.05) is 0 Å². The average Bonchev–Trinajstić information content (AvgIpc) is 3.69. The van der Waals surface area contributed by atoms with Crippen LogP contribution in [0.25, 0.3) is 22.2 Å². The topological polar surface area (TPSA) is 120 Å². The second kappa shape index (κ2) is 10.8. The Labute approximate surface area is 244 Å². The quantitative estimate of drug-likeness (QED) is 0.212. The molecule has 3 fully saturated rings. The number of anilines is 1. The van der Waals surface area contributed by atoms with Crippen LogP contribution in [-0.4, -0.2) is 44.7 Å². The van der Waals surface area contributed by atoms with Gasteiger partial charge in [-0.05, 0) is 74.6 Å². The van der Waals surface area contributed by atoms with Gasteiger partial charge in [-0.15, -0.1) is 13.2 Å². The van der Waals surface area contributed by atoms with Gasteiger partial charge in [0.05, 0.1) is 23.8 Å². The standard InChI is InChI=1S/C31H29F3N4O5/c32-31(33,34)42-25-7-2-1-4-21(25)27-23(28(43-38-27)16-8-9-16)15-41-19-12-17-10-11-18(13-19)26(17)37-30-35-14-22-20(29(39)40)5-3-6-24(22)36-30/h1-7,14,16-19,26H,8-13,15H2,(H,39,40)(H,35,36,37). The molecule has 2 aromatic heterocycles. The van der Waals surface area contributed by atoms with Crippen LogP contribution in [0.1, 0.15) is 66.1 Å². The molecule has 3 aliphatic carbocycles. The highest BCUT2D eigenvalue weighted by atomic mass is 19.4. The van der Waals surface area contributed by atoms with Crippen LogP contribution < -0.4 is 10.1 Å². The van der Waals surface area contributed by atoms with E-state index in [0.29, 0.717) is 45.7 Å². The number of hydrogen-bond donors (Lipinski definition) is 2. The predicted molar refractivity (Wildman–Crippen MR) is 149 cm³/mol. The lowest BCUT2D eigenvalue weighted by Gasteiger charge is -2.35. The van der Waals surface area contributed by atoms with E-state index in [1.165, 1.54) is 18.2 Å². The zero-order valence-corrected chi connectivity index (χ0v) is 23.0. The van der Waals surface area contributed by atoms with Gasteiger partial charge in [0.1, 0.15) is 17.2 Å². The van der Waals surface area contributed by atoms with Crippen molar-refractivity contribution in [2.24, 2.45) is 11.8 Å². The number of carboxylic acid groups (broad SMARTS) is 1. The summed E-state index contributed by atoms with van der Waals surface area (Å²) in [4.78, 5) is 20.5. The predicted octanol–water partition coefficient (Wildman–Crippen LogP) is 6.94. The molecule has 4 aromatic rings. The van der Waals surface area contributed by atoms with Gasteiger partial charge >= 0.3 is 12.3 Å². The number of aromatic carboxylic acids is 1. The molecule has 0 aliphatic heterocycles. The second-order valence-corrected chi connectivity index (χ2v) is 11.6. The van der Waals surface area contributed by atoms with Crippen LogP contribution in [0.5, 0.6) is 5.75 Å². The van der Waals surface area contributed by atoms with Crippen molar-refractivity contribution in [2.45, 2.75) is 69.6 Å². The van der Waals surface area contributed by atoms with E-state index in [0.717, 1.165) is 38.5 Å². The highest BCUT2D eigenvalue weighted by Gasteiger charge is 2.44. The lowest BCUT2D eigenvalue weighted by molar-refractivity contribution is -0.274. The number of aromatic nitrogens is 3. The van der Waals surface area contributed by atoms with Crippen LogP contribution in [0.2, 0.25) is 0 Å². The number of carbonyl (C=O) groups is 1. The SMILES string of the molecule is O=C(O)c1cccc2nc(NC3C4CCC3CC(OCc3c(-c5ccccc5OC(F)(F)F)noc3C3CC3)C4)ncc12. The van der Waals surface area contributed by atoms with Gasteiger partial charge in [0.15, 0.2) is 0 Å². The molecule has 2 heterocycles. The Bertz CT molecular complexity index is 1660. The highest BCUT2D eigenvalue weighted by molar-refractivity contribution is 6.02. The summed E-state index contributed by atoms with van der Waals surface area (Å²) in [5, 5.41) is 17.6. The van der Waals surface area contributed by atoms with E-state index >= 15 is 0 Å². The molecule has 2 N–H and O–H groups in total. The Morgan fingerprint density at radius 2 is 1.81 bits per heavy atom. The van der Waals surface area contributed by atoms with Crippen molar-refractivity contribution in [2.75, 3.05) is 5.32 Å². The molecule has 0 radical (unpaired) electrons. The first-order valence-corrected chi connectivity index (χ1v) is 14.4. The van der Waals surface area contributed by atoms with Crippen molar-refractivity contribution in [3.8, 4) is 17.0 Å². The number of ether oxygens (including phenoxy) is 2. The first kappa shape index (κ1) is 27.6. The molecule has 0 spiro atoms. The number of hydrogen-bond acceptors (Lipinski definition) is 8. The molecule has 2 bridgehead atoms. The third kappa shape index (κ3) is 5.63. The highest BCUT2D eigenvalue weighted by Crippen LogP contribution is 2.47. The van der Waals surface area contributed by atoms with Crippen LogP contribution in [0.4, 0.5) is 19.1 Å². The fourth-order valence-corrected chi connectivity index (χ4v) is 6.72. The summed E-state index contributed by atoms with van der Waals surface area (Å²) in [6.07, 6.45) is 2.28. The molecule has 2 atom stereocenters. The smallest absolute Gasteiger partial charge is 0.478 e. The molecule has 3 aliphatic rings. The minimum absolute atomic E-state index is 0.0253. The number of fused-ring (bicyclic) bond motifs is 3. The van der Waals surface area contributed by atoms with Crippen molar-refractivity contribution in [1.82, 2.24) is 15.1 Å². The molecular formula is C31H29F3N4O5. The van der Waals surface area contributed by atoms with Crippen molar-refractivity contribution in [3.63, 3.8) is 0 Å². The summed E-state index contributed by atoms with van der Waals surface area (Å²) >= 11 is 0. The van der Waals surface area contributed by atoms with E-state index in [-0.39, 0.29) is 41.5 Å². The van der Waals surface area contributed by atoms with E-state index < -0.39 is 12.3 Å². The Kier molecular flexibility index (Phi) is 6.95. The molecule has 43 heavy (non-hydrogen) atoms. The number of para-hydroxylation sites is 1. The van der Waals surface area contributed by atoms with E-state index in [2.05, 4.69) is 25.2 Å². The largest absolute Gasteiger partial charge is 0.573 e. The van der Waals surface area contributed by atoms with E-state index in [1.54, 1.807) is 30.5 Å². The average molecular weight is 595 g/mol. The number of nitrogens with zero attached hydrogens (tertiary/aromatic N) is 3. The van der Waals surface area contributed by atoms with Crippen LogP contribution in [0.3, 0.4) is 0 Å². The summed E-state index contributed by atoms with van der Waals surface area (Å²) < 4.78 is 55.7. The zero-order chi connectivity index (χ0) is 29.7. The van der Waals surface area contributed by atoms with Crippen molar-refractivity contribution < 1.29 is 37.1 Å². The fraction of sp³-hybridized carbons (Fsp3) is 0.419. The summed E-state index contributed by atoms with van der Waals surface area (Å²) in [6, 6.07) is 11.1. The maximum absolute atomic E-state index is 13.1. The van der Waals surface area contributed by atoms with Crippen LogP contribution >= 0.6 is 0 Å². The maximum atomic E-state index is 13.1. The van der Waals surface area contributed by atoms with Crippen molar-refractivity contribution in [1.29, 1.82) is 0 Å². The van der Waals surface area contributed by atoms with Gasteiger partial charge < -0.3 is 24.4 Å². The summed E-state index contributed by atoms with van der Waals surface area (Å²) in [5.41, 5.74) is 1.95. The maximum Gasteiger partial charge on any atom is 0.573 e. The molecule has 2 aromatic carbocycles. The Balaban J connectivity index is 1.06. The molecule has 0 amide bonds. The summed E-state index contributed by atoms with van der Waals surface area (Å²) in [7, 11) is 0. The van der Waals surface area contributed by atoms with Crippen molar-refractivity contribution >= 4 is 22.8 Å². The van der Waals surface area contributed by atoms with E-state index in [4.69, 9.17) is 9.26 Å². The molecule has 9 nitrogen and oxygen atoms in total. The minimum Gasteiger partial charge on any atom is -0.478 e. The number of alkyl halides is 3. The van der Waals surface area contributed by atoms with Gasteiger partial charge in [-0.2, -0.15) is 0 Å². The minimum atomic E-state index is -4.83. The molecule has 224 valence electrons. The number of halogens is 3. The molecular weight excluding hydrogens is 565 g/mol. The van der Waals surface area contributed by atoms with Gasteiger partial charge in [-0.1, -0.05) is 23.4 Å². The Morgan fingerprint density at radius 1 is 1.05 bits per heavy atom. The normalized spacial score (nSPS) is 23.4. The Morgan fingerprint density at radius 3 is 2.53 bits per heavy atom. The van der Waals surface area contributed by atoms with Gasteiger partial charge in [0.2, 0.25) is 5.95 Å². The first-order valence-electron chi connectivity index (χ1n) is 14.4. The number of benzene rings is 2. The summed E-state index contributed by atoms with van der Waals surface area (Å²) in [5.74, 6) is 0.659. The van der Waals surface area contributed by atoms with Crippen LogP contribution in [0.15, 0.2) is 53.2 Å². The molecule has 7 rings (SSSR count). The lowest BCUT2D eigenvalue weighted by Crippen LogP contribution is -2.40. The monoisotopic (exact) mass is 594 g/mol. The van der Waals surface area contributed by atoms with Crippen molar-refractivity contribution in [3.05, 3.63) is 65.5 Å². The molecule has 2 unspecified atom stereocenters. The second-order valence-electron chi connectivity index (χ2n) is 11.6. The lowest BCUT2D eigenvalue weighted by atomic mass is 9.82. The van der Waals surface area contributed by atoms with Crippen LogP contribution in [0, 0.1) is 11.8 Å². The summed E-state index contributed by atoms with van der Waals surface area (Å²) in [6.45, 7) is 0.187. The zero-order valence-electron chi connectivity index (χ0n) is 23.0. The number of nitrogens with one attached hydrogen (secondary N) is 1. The van der Waals surface area contributed by atoms with Gasteiger partial charge in [0, 0.05) is 34.7 Å². The Hall–Kier alpha value is -4.19. The molecule has 12 heteroatoms. The van der Waals surface area contributed by atoms with Gasteiger partial charge in [0.25, 0.3) is 0 Å². The van der Waals surface area contributed by atoms with Gasteiger partial charge in [-0.3, -0.25) is 0 Å².